The summed E-state index contributed by atoms with van der Waals surface area (Å²) in [6.07, 6.45) is 1.01. The SMILES string of the molecule is O=C(CCl)OC1COCCCS1. The van der Waals surface area contributed by atoms with Crippen LogP contribution < -0.4 is 0 Å². The Hall–Kier alpha value is 0.0700. The minimum atomic E-state index is -0.375. The van der Waals surface area contributed by atoms with Gasteiger partial charge in [0, 0.05) is 6.61 Å². The molecule has 1 saturated heterocycles. The van der Waals surface area contributed by atoms with Gasteiger partial charge in [0.15, 0.2) is 5.44 Å². The van der Waals surface area contributed by atoms with Gasteiger partial charge < -0.3 is 9.47 Å². The van der Waals surface area contributed by atoms with E-state index in [-0.39, 0.29) is 17.3 Å². The number of carbonyl (C=O) groups excluding carboxylic acids is 1. The number of esters is 1. The van der Waals surface area contributed by atoms with Crippen molar-refractivity contribution in [2.75, 3.05) is 24.8 Å². The van der Waals surface area contributed by atoms with Crippen molar-refractivity contribution in [3.63, 3.8) is 0 Å². The summed E-state index contributed by atoms with van der Waals surface area (Å²) in [6.45, 7) is 1.23. The highest BCUT2D eigenvalue weighted by Crippen LogP contribution is 2.17. The molecule has 0 aliphatic carbocycles. The van der Waals surface area contributed by atoms with E-state index in [4.69, 9.17) is 21.1 Å². The molecule has 0 saturated carbocycles. The largest absolute Gasteiger partial charge is 0.448 e. The molecule has 12 heavy (non-hydrogen) atoms. The molecule has 1 atom stereocenters. The van der Waals surface area contributed by atoms with Crippen LogP contribution in [0.3, 0.4) is 0 Å². The predicted octanol–water partition coefficient (Wildman–Crippen LogP) is 1.25. The smallest absolute Gasteiger partial charge is 0.322 e. The third-order valence-electron chi connectivity index (χ3n) is 1.36. The fraction of sp³-hybridized carbons (Fsp3) is 0.857. The van der Waals surface area contributed by atoms with Gasteiger partial charge in [0.1, 0.15) is 5.88 Å². The molecule has 0 amide bonds. The van der Waals surface area contributed by atoms with Crippen LogP contribution in [0.25, 0.3) is 0 Å². The maximum absolute atomic E-state index is 10.8. The Labute approximate surface area is 80.7 Å². The highest BCUT2D eigenvalue weighted by atomic mass is 35.5. The normalized spacial score (nSPS) is 24.6. The van der Waals surface area contributed by atoms with Gasteiger partial charge in [-0.2, -0.15) is 0 Å². The Kier molecular flexibility index (Phi) is 4.80. The van der Waals surface area contributed by atoms with Crippen LogP contribution in [0.1, 0.15) is 6.42 Å². The summed E-state index contributed by atoms with van der Waals surface area (Å²) in [4.78, 5) is 10.8. The van der Waals surface area contributed by atoms with Crippen LogP contribution in [0.2, 0.25) is 0 Å². The lowest BCUT2D eigenvalue weighted by Crippen LogP contribution is -2.20. The molecule has 1 aliphatic heterocycles. The summed E-state index contributed by atoms with van der Waals surface area (Å²) in [5.41, 5.74) is -0.168. The van der Waals surface area contributed by atoms with Gasteiger partial charge in [0.25, 0.3) is 0 Å². The van der Waals surface area contributed by atoms with E-state index in [9.17, 15) is 4.79 Å². The lowest BCUT2D eigenvalue weighted by molar-refractivity contribution is -0.143. The van der Waals surface area contributed by atoms with Crippen molar-refractivity contribution in [3.8, 4) is 0 Å². The van der Waals surface area contributed by atoms with Crippen LogP contribution in [0.15, 0.2) is 0 Å². The van der Waals surface area contributed by atoms with E-state index >= 15 is 0 Å². The Morgan fingerprint density at radius 3 is 3.33 bits per heavy atom. The molecule has 3 nitrogen and oxygen atoms in total. The second-order valence-electron chi connectivity index (χ2n) is 2.35. The summed E-state index contributed by atoms with van der Waals surface area (Å²) in [7, 11) is 0. The minimum Gasteiger partial charge on any atom is -0.448 e. The zero-order chi connectivity index (χ0) is 8.81. The van der Waals surface area contributed by atoms with Crippen LogP contribution >= 0.6 is 23.4 Å². The monoisotopic (exact) mass is 210 g/mol. The lowest BCUT2D eigenvalue weighted by Gasteiger charge is -2.12. The van der Waals surface area contributed by atoms with Crippen molar-refractivity contribution >= 4 is 29.3 Å². The highest BCUT2D eigenvalue weighted by molar-refractivity contribution is 7.99. The van der Waals surface area contributed by atoms with Crippen LogP contribution in [0.4, 0.5) is 0 Å². The molecule has 1 heterocycles. The number of thioether (sulfide) groups is 1. The summed E-state index contributed by atoms with van der Waals surface area (Å²) >= 11 is 6.89. The topological polar surface area (TPSA) is 35.5 Å². The first kappa shape index (κ1) is 10.2. The fourth-order valence-corrected chi connectivity index (χ4v) is 1.83. The molecule has 0 radical (unpaired) electrons. The molecule has 0 aromatic rings. The van der Waals surface area contributed by atoms with E-state index in [1.54, 1.807) is 11.8 Å². The molecule has 0 aromatic carbocycles. The van der Waals surface area contributed by atoms with Gasteiger partial charge in [0.05, 0.1) is 6.61 Å². The molecular weight excluding hydrogens is 200 g/mol. The number of hydrogen-bond donors (Lipinski definition) is 0. The van der Waals surface area contributed by atoms with Crippen molar-refractivity contribution in [1.29, 1.82) is 0 Å². The molecule has 5 heteroatoms. The lowest BCUT2D eigenvalue weighted by atomic mass is 10.5. The standard InChI is InChI=1S/C7H11ClO3S/c8-4-6(9)11-7-5-10-2-1-3-12-7/h7H,1-5H2. The summed E-state index contributed by atoms with van der Waals surface area (Å²) < 4.78 is 10.2. The molecule has 0 N–H and O–H groups in total. The molecule has 1 aliphatic rings. The van der Waals surface area contributed by atoms with Crippen molar-refractivity contribution in [1.82, 2.24) is 0 Å². The van der Waals surface area contributed by atoms with Crippen molar-refractivity contribution < 1.29 is 14.3 Å². The molecule has 1 rings (SSSR count). The summed E-state index contributed by atoms with van der Waals surface area (Å²) in [5.74, 6) is 0.511. The quantitative estimate of drug-likeness (QED) is 0.508. The molecule has 0 aromatic heterocycles. The van der Waals surface area contributed by atoms with Gasteiger partial charge in [-0.25, -0.2) is 0 Å². The van der Waals surface area contributed by atoms with Gasteiger partial charge in [-0.1, -0.05) is 0 Å². The Morgan fingerprint density at radius 1 is 1.75 bits per heavy atom. The fourth-order valence-electron chi connectivity index (χ4n) is 0.850. The third kappa shape index (κ3) is 3.65. The molecule has 1 unspecified atom stereocenters. The number of alkyl halides is 1. The first-order valence-corrected chi connectivity index (χ1v) is 5.36. The molecular formula is C7H11ClO3S. The van der Waals surface area contributed by atoms with E-state index in [0.29, 0.717) is 6.61 Å². The second kappa shape index (κ2) is 5.67. The number of carbonyl (C=O) groups is 1. The Morgan fingerprint density at radius 2 is 2.58 bits per heavy atom. The maximum atomic E-state index is 10.8. The average molecular weight is 211 g/mol. The number of rotatable bonds is 2. The van der Waals surface area contributed by atoms with Gasteiger partial charge in [0.2, 0.25) is 0 Å². The van der Waals surface area contributed by atoms with Crippen LogP contribution in [0.5, 0.6) is 0 Å². The number of halogens is 1. The molecule has 0 bridgehead atoms. The maximum Gasteiger partial charge on any atom is 0.322 e. The third-order valence-corrected chi connectivity index (χ3v) is 2.71. The van der Waals surface area contributed by atoms with Gasteiger partial charge in [-0.05, 0) is 12.2 Å². The van der Waals surface area contributed by atoms with Crippen LogP contribution in [0, 0.1) is 0 Å². The second-order valence-corrected chi connectivity index (χ2v) is 3.89. The Bertz CT molecular complexity index is 146. The van der Waals surface area contributed by atoms with Gasteiger partial charge >= 0.3 is 5.97 Å². The zero-order valence-corrected chi connectivity index (χ0v) is 8.20. The summed E-state index contributed by atoms with van der Waals surface area (Å²) in [6, 6.07) is 0. The predicted molar refractivity (Wildman–Crippen MR) is 48.5 cm³/mol. The first-order valence-electron chi connectivity index (χ1n) is 3.77. The van der Waals surface area contributed by atoms with E-state index < -0.39 is 0 Å². The van der Waals surface area contributed by atoms with Crippen LogP contribution in [-0.4, -0.2) is 36.3 Å². The number of ether oxygens (including phenoxy) is 2. The average Bonchev–Trinajstić information content (AvgIpc) is 2.33. The van der Waals surface area contributed by atoms with E-state index in [1.807, 2.05) is 0 Å². The van der Waals surface area contributed by atoms with Crippen molar-refractivity contribution in [3.05, 3.63) is 0 Å². The Balaban J connectivity index is 2.24. The molecule has 70 valence electrons. The molecule has 1 fully saturated rings. The van der Waals surface area contributed by atoms with Crippen molar-refractivity contribution in [2.45, 2.75) is 11.9 Å². The summed E-state index contributed by atoms with van der Waals surface area (Å²) in [5, 5.41) is 0. The van der Waals surface area contributed by atoms with Crippen molar-refractivity contribution in [2.24, 2.45) is 0 Å². The first-order chi connectivity index (χ1) is 5.83. The van der Waals surface area contributed by atoms with E-state index in [0.717, 1.165) is 18.8 Å². The van der Waals surface area contributed by atoms with Gasteiger partial charge in [-0.15, -0.1) is 23.4 Å². The molecule has 0 spiro atoms. The number of hydrogen-bond acceptors (Lipinski definition) is 4. The van der Waals surface area contributed by atoms with Gasteiger partial charge in [-0.3, -0.25) is 4.79 Å². The van der Waals surface area contributed by atoms with E-state index in [1.165, 1.54) is 0 Å². The zero-order valence-electron chi connectivity index (χ0n) is 6.62. The minimum absolute atomic E-state index is 0.0862. The van der Waals surface area contributed by atoms with Crippen LogP contribution in [-0.2, 0) is 14.3 Å². The van der Waals surface area contributed by atoms with E-state index in [2.05, 4.69) is 0 Å². The highest BCUT2D eigenvalue weighted by Gasteiger charge is 2.16.